The fourth-order valence-corrected chi connectivity index (χ4v) is 4.10. The molecule has 0 spiro atoms. The smallest absolute Gasteiger partial charge is 0.187 e. The molecule has 16 heteroatoms. The number of rotatable bonds is 7. The molecule has 0 aliphatic carbocycles. The van der Waals surface area contributed by atoms with E-state index in [0.29, 0.717) is 0 Å². The summed E-state index contributed by atoms with van der Waals surface area (Å²) in [6.45, 7) is -1.79. The van der Waals surface area contributed by atoms with Crippen molar-refractivity contribution >= 4 is 0 Å². The van der Waals surface area contributed by atoms with Crippen LogP contribution >= 0.6 is 0 Å². The lowest BCUT2D eigenvalue weighted by Gasteiger charge is -2.47. The molecule has 0 radical (unpaired) electrons. The molecule has 15 atom stereocenters. The molecule has 3 heterocycles. The molecule has 16 nitrogen and oxygen atoms in total. The van der Waals surface area contributed by atoms with Crippen LogP contribution in [-0.2, 0) is 23.7 Å². The molecule has 0 amide bonds. The Hall–Kier alpha value is -0.640. The van der Waals surface area contributed by atoms with Gasteiger partial charge < -0.3 is 80.5 Å². The molecule has 3 aliphatic rings. The van der Waals surface area contributed by atoms with Crippen molar-refractivity contribution in [3.05, 3.63) is 0 Å². The first-order chi connectivity index (χ1) is 16.0. The highest BCUT2D eigenvalue weighted by Crippen LogP contribution is 2.32. The van der Waals surface area contributed by atoms with E-state index in [1.165, 1.54) is 0 Å². The van der Waals surface area contributed by atoms with E-state index in [9.17, 15) is 51.1 Å². The summed E-state index contributed by atoms with van der Waals surface area (Å²) in [5.74, 6) is 0. The predicted molar refractivity (Wildman–Crippen MR) is 103 cm³/mol. The van der Waals surface area contributed by atoms with E-state index in [2.05, 4.69) is 0 Å². The average molecular weight is 503 g/mol. The van der Waals surface area contributed by atoms with Crippen molar-refractivity contribution in [1.82, 2.24) is 0 Å². The minimum Gasteiger partial charge on any atom is -0.394 e. The summed E-state index contributed by atoms with van der Waals surface area (Å²) < 4.78 is 26.7. The van der Waals surface area contributed by atoms with Crippen LogP contribution in [0, 0.1) is 0 Å². The van der Waals surface area contributed by atoms with Gasteiger partial charge >= 0.3 is 0 Å². The third-order valence-corrected chi connectivity index (χ3v) is 6.14. The van der Waals surface area contributed by atoms with Crippen molar-refractivity contribution in [3.63, 3.8) is 0 Å². The molecule has 0 unspecified atom stereocenters. The first-order valence-electron chi connectivity index (χ1n) is 10.7. The maximum atomic E-state index is 10.6. The van der Waals surface area contributed by atoms with Crippen molar-refractivity contribution in [3.8, 4) is 0 Å². The Labute approximate surface area is 193 Å². The van der Waals surface area contributed by atoms with Gasteiger partial charge in [-0.05, 0) is 0 Å². The van der Waals surface area contributed by atoms with Gasteiger partial charge in [0.05, 0.1) is 13.2 Å². The minimum absolute atomic E-state index is 0.261. The van der Waals surface area contributed by atoms with Gasteiger partial charge in [-0.3, -0.25) is 0 Å². The van der Waals surface area contributed by atoms with E-state index in [0.717, 1.165) is 0 Å². The first-order valence-corrected chi connectivity index (χ1v) is 10.7. The van der Waals surface area contributed by atoms with Crippen LogP contribution in [0.2, 0.25) is 0 Å². The summed E-state index contributed by atoms with van der Waals surface area (Å²) in [6, 6.07) is 0. The van der Waals surface area contributed by atoms with Gasteiger partial charge in [0.2, 0.25) is 0 Å². The van der Waals surface area contributed by atoms with Gasteiger partial charge in [0.25, 0.3) is 0 Å². The molecule has 34 heavy (non-hydrogen) atoms. The number of aliphatic hydroxyl groups excluding tert-OH is 10. The Kier molecular flexibility index (Phi) is 9.54. The zero-order chi connectivity index (χ0) is 25.3. The summed E-state index contributed by atoms with van der Waals surface area (Å²) in [5, 5.41) is 99.9. The SMILES string of the molecule is NC[C@H]1O[C@H](O)[C@H](O)[C@@H](O)[C@@H]1O[C@H]1O[C@H](CO)[C@@H](O[C@H]2O[C@H](CO)[C@@H](O)[C@H](O)[C@H]2O)[C@H](O)[C@H]1O. The van der Waals surface area contributed by atoms with Crippen LogP contribution in [-0.4, -0.2) is 163 Å². The minimum atomic E-state index is -1.87. The second-order valence-corrected chi connectivity index (χ2v) is 8.39. The molecule has 0 saturated carbocycles. The molecule has 3 fully saturated rings. The molecule has 0 aromatic rings. The van der Waals surface area contributed by atoms with Crippen LogP contribution in [0.1, 0.15) is 0 Å². The van der Waals surface area contributed by atoms with E-state index < -0.39 is 105 Å². The van der Waals surface area contributed by atoms with Crippen LogP contribution in [0.4, 0.5) is 0 Å². The highest BCUT2D eigenvalue weighted by molar-refractivity contribution is 4.96. The molecule has 0 bridgehead atoms. The normalized spacial score (nSPS) is 52.5. The third kappa shape index (κ3) is 5.37. The molecule has 3 aliphatic heterocycles. The number of ether oxygens (including phenoxy) is 5. The second-order valence-electron chi connectivity index (χ2n) is 8.39. The highest BCUT2D eigenvalue weighted by Gasteiger charge is 2.53. The number of nitrogens with two attached hydrogens (primary N) is 1. The molecule has 0 aromatic heterocycles. The predicted octanol–water partition coefficient (Wildman–Crippen LogP) is -7.61. The summed E-state index contributed by atoms with van der Waals surface area (Å²) in [5.41, 5.74) is 5.55. The molecular formula is C18H33NO15. The van der Waals surface area contributed by atoms with Crippen LogP contribution in [0.5, 0.6) is 0 Å². The topological polar surface area (TPSA) is 274 Å². The largest absolute Gasteiger partial charge is 0.394 e. The molecular weight excluding hydrogens is 470 g/mol. The molecule has 3 rings (SSSR count). The molecule has 200 valence electrons. The van der Waals surface area contributed by atoms with Crippen LogP contribution in [0.3, 0.4) is 0 Å². The van der Waals surface area contributed by atoms with Crippen molar-refractivity contribution in [1.29, 1.82) is 0 Å². The van der Waals surface area contributed by atoms with Gasteiger partial charge in [-0.2, -0.15) is 0 Å². The number of hydrogen-bond donors (Lipinski definition) is 11. The van der Waals surface area contributed by atoms with E-state index in [4.69, 9.17) is 29.4 Å². The lowest BCUT2D eigenvalue weighted by Crippen LogP contribution is -2.66. The standard InChI is InChI=1S/C18H33NO15/c19-1-4-14(9(24)11(26)16(29)30-4)33-18-13(28)10(25)15(6(3-21)32-18)34-17-12(27)8(23)7(22)5(2-20)31-17/h4-18,20-29H,1-3,19H2/t4-,5-,6-,7-,8+,9-,10-,11-,12-,13-,14-,15-,16+,17-,18-/m1/s1. The lowest BCUT2D eigenvalue weighted by molar-refractivity contribution is -0.376. The lowest BCUT2D eigenvalue weighted by atomic mass is 9.96. The Bertz CT molecular complexity index is 640. The van der Waals surface area contributed by atoms with Gasteiger partial charge in [-0.15, -0.1) is 0 Å². The maximum Gasteiger partial charge on any atom is 0.187 e. The number of aliphatic hydroxyl groups is 10. The second kappa shape index (κ2) is 11.6. The molecule has 0 aromatic carbocycles. The van der Waals surface area contributed by atoms with Crippen molar-refractivity contribution < 1.29 is 74.7 Å². The maximum absolute atomic E-state index is 10.6. The Balaban J connectivity index is 1.72. The van der Waals surface area contributed by atoms with Crippen molar-refractivity contribution in [2.75, 3.05) is 19.8 Å². The Morgan fingerprint density at radius 2 is 1.00 bits per heavy atom. The fourth-order valence-electron chi connectivity index (χ4n) is 4.10. The van der Waals surface area contributed by atoms with Crippen molar-refractivity contribution in [2.24, 2.45) is 5.73 Å². The summed E-state index contributed by atoms with van der Waals surface area (Å²) in [7, 11) is 0. The highest BCUT2D eigenvalue weighted by atomic mass is 16.8. The zero-order valence-electron chi connectivity index (χ0n) is 17.9. The summed E-state index contributed by atoms with van der Waals surface area (Å²) in [6.07, 6.45) is -24.3. The fraction of sp³-hybridized carbons (Fsp3) is 1.00. The van der Waals surface area contributed by atoms with Crippen molar-refractivity contribution in [2.45, 2.75) is 92.1 Å². The summed E-state index contributed by atoms with van der Waals surface area (Å²) >= 11 is 0. The quantitative estimate of drug-likeness (QED) is 0.154. The van der Waals surface area contributed by atoms with Gasteiger partial charge in [0.1, 0.15) is 73.2 Å². The van der Waals surface area contributed by atoms with Gasteiger partial charge in [-0.25, -0.2) is 0 Å². The average Bonchev–Trinajstić information content (AvgIpc) is 2.83. The van der Waals surface area contributed by atoms with E-state index in [1.54, 1.807) is 0 Å². The van der Waals surface area contributed by atoms with E-state index >= 15 is 0 Å². The Morgan fingerprint density at radius 1 is 0.529 bits per heavy atom. The Morgan fingerprint density at radius 3 is 1.53 bits per heavy atom. The first kappa shape index (κ1) is 27.9. The van der Waals surface area contributed by atoms with Gasteiger partial charge in [0, 0.05) is 6.54 Å². The van der Waals surface area contributed by atoms with Crippen LogP contribution in [0.25, 0.3) is 0 Å². The summed E-state index contributed by atoms with van der Waals surface area (Å²) in [4.78, 5) is 0. The zero-order valence-corrected chi connectivity index (χ0v) is 17.9. The third-order valence-electron chi connectivity index (χ3n) is 6.14. The molecule has 3 saturated heterocycles. The number of hydrogen-bond acceptors (Lipinski definition) is 16. The van der Waals surface area contributed by atoms with Gasteiger partial charge in [0.15, 0.2) is 18.9 Å². The molecule has 12 N–H and O–H groups in total. The van der Waals surface area contributed by atoms with E-state index in [-0.39, 0.29) is 6.54 Å². The van der Waals surface area contributed by atoms with Gasteiger partial charge in [-0.1, -0.05) is 0 Å². The van der Waals surface area contributed by atoms with Crippen LogP contribution in [0.15, 0.2) is 0 Å². The van der Waals surface area contributed by atoms with Crippen LogP contribution < -0.4 is 5.73 Å². The monoisotopic (exact) mass is 503 g/mol. The van der Waals surface area contributed by atoms with E-state index in [1.807, 2.05) is 0 Å².